The van der Waals surface area contributed by atoms with E-state index in [1.807, 2.05) is 0 Å². The van der Waals surface area contributed by atoms with E-state index in [0.717, 1.165) is 24.9 Å². The van der Waals surface area contributed by atoms with Crippen molar-refractivity contribution in [2.45, 2.75) is 50.7 Å². The van der Waals surface area contributed by atoms with Crippen LogP contribution < -0.4 is 0 Å². The number of hydrogen-bond donors (Lipinski definition) is 0. The van der Waals surface area contributed by atoms with Gasteiger partial charge < -0.3 is 0 Å². The van der Waals surface area contributed by atoms with Crippen LogP contribution in [0.1, 0.15) is 37.7 Å². The third kappa shape index (κ3) is 2.67. The van der Waals surface area contributed by atoms with Crippen LogP contribution in [0.4, 0.5) is 4.39 Å². The smallest absolute Gasteiger partial charge is 0.141 e. The van der Waals surface area contributed by atoms with Crippen molar-refractivity contribution in [3.63, 3.8) is 0 Å². The molecule has 2 fully saturated rings. The van der Waals surface area contributed by atoms with Gasteiger partial charge in [0.15, 0.2) is 0 Å². The minimum absolute atomic E-state index is 0.177. The number of halogens is 2. The maximum atomic E-state index is 13.2. The van der Waals surface area contributed by atoms with Gasteiger partial charge in [0.05, 0.1) is 5.02 Å². The highest BCUT2D eigenvalue weighted by molar-refractivity contribution is 6.30. The summed E-state index contributed by atoms with van der Waals surface area (Å²) in [6.45, 7) is 0.766. The first-order valence-electron chi connectivity index (χ1n) is 6.85. The number of nitrogens with zero attached hydrogens (tertiary/aromatic N) is 1. The molecular weight excluding hydrogens is 265 g/mol. The van der Waals surface area contributed by atoms with Crippen LogP contribution in [0.5, 0.6) is 0 Å². The van der Waals surface area contributed by atoms with Crippen molar-refractivity contribution >= 4 is 17.4 Å². The summed E-state index contributed by atoms with van der Waals surface area (Å²) in [7, 11) is 0. The minimum Gasteiger partial charge on any atom is -0.300 e. The highest BCUT2D eigenvalue weighted by Gasteiger charge is 2.37. The third-order valence-corrected chi connectivity index (χ3v) is 4.58. The molecule has 4 heteroatoms. The largest absolute Gasteiger partial charge is 0.300 e. The Labute approximate surface area is 117 Å². The quantitative estimate of drug-likeness (QED) is 0.826. The van der Waals surface area contributed by atoms with Gasteiger partial charge in [0.2, 0.25) is 0 Å². The molecule has 2 aliphatic heterocycles. The first-order valence-corrected chi connectivity index (χ1v) is 7.22. The van der Waals surface area contributed by atoms with Crippen molar-refractivity contribution in [2.75, 3.05) is 0 Å². The highest BCUT2D eigenvalue weighted by Crippen LogP contribution is 2.33. The molecule has 0 saturated carbocycles. The number of carbonyl (C=O) groups is 1. The maximum Gasteiger partial charge on any atom is 0.141 e. The van der Waals surface area contributed by atoms with E-state index in [-0.39, 0.29) is 10.8 Å². The molecule has 2 nitrogen and oxygen atoms in total. The summed E-state index contributed by atoms with van der Waals surface area (Å²) in [6.07, 6.45) is 4.74. The number of rotatable bonds is 2. The Balaban J connectivity index is 1.78. The minimum atomic E-state index is -0.376. The predicted molar refractivity (Wildman–Crippen MR) is 72.6 cm³/mol. The second kappa shape index (κ2) is 5.22. The lowest BCUT2D eigenvalue weighted by atomic mass is 9.83. The monoisotopic (exact) mass is 281 g/mol. The van der Waals surface area contributed by atoms with Gasteiger partial charge in [-0.15, -0.1) is 0 Å². The fourth-order valence-electron chi connectivity index (χ4n) is 3.37. The number of piperidine rings is 2. The lowest BCUT2D eigenvalue weighted by Gasteiger charge is -2.45. The van der Waals surface area contributed by atoms with E-state index in [1.54, 1.807) is 12.1 Å². The summed E-state index contributed by atoms with van der Waals surface area (Å²) in [4.78, 5) is 14.1. The van der Waals surface area contributed by atoms with Gasteiger partial charge in [-0.05, 0) is 30.5 Å². The predicted octanol–water partition coefficient (Wildman–Crippen LogP) is 3.57. The fourth-order valence-corrected chi connectivity index (χ4v) is 3.58. The highest BCUT2D eigenvalue weighted by atomic mass is 35.5. The average molecular weight is 282 g/mol. The Bertz CT molecular complexity index is 489. The van der Waals surface area contributed by atoms with E-state index in [4.69, 9.17) is 11.6 Å². The standard InChI is InChI=1S/C15H17ClFNO/c16-14-6-10(4-5-15(14)17)9-18-11-2-1-3-12(18)8-13(19)7-11/h4-6,11-12H,1-3,7-9H2. The number of carbonyl (C=O) groups excluding carboxylic acids is 1. The molecule has 0 spiro atoms. The van der Waals surface area contributed by atoms with Crippen LogP contribution in [0.2, 0.25) is 5.02 Å². The average Bonchev–Trinajstić information content (AvgIpc) is 2.35. The molecule has 0 aromatic heterocycles. The van der Waals surface area contributed by atoms with Crippen LogP contribution >= 0.6 is 11.6 Å². The van der Waals surface area contributed by atoms with E-state index in [2.05, 4.69) is 4.90 Å². The molecule has 0 amide bonds. The van der Waals surface area contributed by atoms with Crippen molar-refractivity contribution in [1.82, 2.24) is 4.90 Å². The topological polar surface area (TPSA) is 20.3 Å². The second-order valence-electron chi connectivity index (χ2n) is 5.61. The molecule has 102 valence electrons. The first kappa shape index (κ1) is 13.1. The molecule has 0 N–H and O–H groups in total. The van der Waals surface area contributed by atoms with E-state index < -0.39 is 0 Å². The lowest BCUT2D eigenvalue weighted by Crippen LogP contribution is -2.51. The molecule has 2 saturated heterocycles. The van der Waals surface area contributed by atoms with Crippen LogP contribution in [0.15, 0.2) is 18.2 Å². The molecule has 0 aliphatic carbocycles. The van der Waals surface area contributed by atoms with Crippen molar-refractivity contribution < 1.29 is 9.18 Å². The summed E-state index contributed by atoms with van der Waals surface area (Å²) in [5.41, 5.74) is 1.03. The zero-order chi connectivity index (χ0) is 13.4. The zero-order valence-electron chi connectivity index (χ0n) is 10.7. The van der Waals surface area contributed by atoms with Gasteiger partial charge in [-0.1, -0.05) is 24.1 Å². The van der Waals surface area contributed by atoms with Crippen LogP contribution in [-0.4, -0.2) is 22.8 Å². The van der Waals surface area contributed by atoms with Crippen molar-refractivity contribution in [2.24, 2.45) is 0 Å². The summed E-state index contributed by atoms with van der Waals surface area (Å²) < 4.78 is 13.2. The van der Waals surface area contributed by atoms with E-state index >= 15 is 0 Å². The number of hydrogen-bond acceptors (Lipinski definition) is 2. The molecule has 2 bridgehead atoms. The molecule has 19 heavy (non-hydrogen) atoms. The van der Waals surface area contributed by atoms with Crippen LogP contribution in [0, 0.1) is 5.82 Å². The van der Waals surface area contributed by atoms with Gasteiger partial charge in [0.25, 0.3) is 0 Å². The molecule has 2 atom stereocenters. The van der Waals surface area contributed by atoms with E-state index in [0.29, 0.717) is 30.7 Å². The SMILES string of the molecule is O=C1CC2CCCC(C1)N2Cc1ccc(F)c(Cl)c1. The van der Waals surface area contributed by atoms with Gasteiger partial charge in [-0.25, -0.2) is 4.39 Å². The second-order valence-corrected chi connectivity index (χ2v) is 6.01. The van der Waals surface area contributed by atoms with Gasteiger partial charge in [0.1, 0.15) is 11.6 Å². The normalized spacial score (nSPS) is 27.6. The molecule has 2 aliphatic rings. The van der Waals surface area contributed by atoms with E-state index in [1.165, 1.54) is 12.5 Å². The number of benzene rings is 1. The summed E-state index contributed by atoms with van der Waals surface area (Å²) in [6, 6.07) is 5.63. The van der Waals surface area contributed by atoms with Crippen molar-refractivity contribution in [3.8, 4) is 0 Å². The summed E-state index contributed by atoms with van der Waals surface area (Å²) in [5.74, 6) is 0.0162. The summed E-state index contributed by atoms with van der Waals surface area (Å²) in [5, 5.41) is 0.177. The van der Waals surface area contributed by atoms with Crippen LogP contribution in [0.3, 0.4) is 0 Å². The molecule has 1 aromatic carbocycles. The van der Waals surface area contributed by atoms with Crippen molar-refractivity contribution in [3.05, 3.63) is 34.6 Å². The number of fused-ring (bicyclic) bond motifs is 2. The van der Waals surface area contributed by atoms with Crippen molar-refractivity contribution in [1.29, 1.82) is 0 Å². The Morgan fingerprint density at radius 1 is 1.26 bits per heavy atom. The Kier molecular flexibility index (Phi) is 3.59. The Morgan fingerprint density at radius 2 is 1.95 bits per heavy atom. The Hall–Kier alpha value is -0.930. The molecule has 3 rings (SSSR count). The van der Waals surface area contributed by atoms with Gasteiger partial charge in [-0.3, -0.25) is 9.69 Å². The Morgan fingerprint density at radius 3 is 2.58 bits per heavy atom. The molecule has 1 aromatic rings. The van der Waals surface area contributed by atoms with Crippen LogP contribution in [-0.2, 0) is 11.3 Å². The maximum absolute atomic E-state index is 13.2. The zero-order valence-corrected chi connectivity index (χ0v) is 11.5. The third-order valence-electron chi connectivity index (χ3n) is 4.29. The molecular formula is C15H17ClFNO. The van der Waals surface area contributed by atoms with Gasteiger partial charge in [0, 0.05) is 31.5 Å². The van der Waals surface area contributed by atoms with Gasteiger partial charge in [-0.2, -0.15) is 0 Å². The first-order chi connectivity index (χ1) is 9.13. The lowest BCUT2D eigenvalue weighted by molar-refractivity contribution is -0.127. The molecule has 0 radical (unpaired) electrons. The summed E-state index contributed by atoms with van der Waals surface area (Å²) >= 11 is 5.83. The number of Topliss-reactive ketones (excluding diaryl/α,β-unsaturated/α-hetero) is 1. The number of ketones is 1. The van der Waals surface area contributed by atoms with E-state index in [9.17, 15) is 9.18 Å². The van der Waals surface area contributed by atoms with Crippen LogP contribution in [0.25, 0.3) is 0 Å². The molecule has 2 unspecified atom stereocenters. The fraction of sp³-hybridized carbons (Fsp3) is 0.533. The van der Waals surface area contributed by atoms with Gasteiger partial charge >= 0.3 is 0 Å². The molecule has 2 heterocycles.